The molecule has 1 amide bonds. The number of rotatable bonds is 6. The van der Waals surface area contributed by atoms with Crippen LogP contribution >= 0.6 is 0 Å². The fourth-order valence-electron chi connectivity index (χ4n) is 3.33. The fraction of sp³-hybridized carbons (Fsp3) is 0.273. The summed E-state index contributed by atoms with van der Waals surface area (Å²) in [7, 11) is 0. The number of benzene rings is 2. The predicted octanol–water partition coefficient (Wildman–Crippen LogP) is 2.31. The van der Waals surface area contributed by atoms with E-state index in [0.29, 0.717) is 19.5 Å². The molecule has 0 aromatic heterocycles. The first-order valence-corrected chi connectivity index (χ1v) is 9.08. The van der Waals surface area contributed by atoms with E-state index in [-0.39, 0.29) is 5.91 Å². The Bertz CT molecular complexity index is 793. The highest BCUT2D eigenvalue weighted by Crippen LogP contribution is 2.18. The van der Waals surface area contributed by atoms with Crippen molar-refractivity contribution >= 4 is 17.2 Å². The average Bonchev–Trinajstić information content (AvgIpc) is 2.70. The molecule has 0 aliphatic carbocycles. The molecule has 0 saturated heterocycles. The summed E-state index contributed by atoms with van der Waals surface area (Å²) in [6, 6.07) is 22.2. The number of nitrogens with zero attached hydrogens (tertiary/aromatic N) is 2. The normalized spacial score (nSPS) is 16.4. The Hall–Kier alpha value is -2.90. The first kappa shape index (κ1) is 17.9. The van der Waals surface area contributed by atoms with Crippen LogP contribution in [0.4, 0.5) is 5.69 Å². The number of carbonyl (C=O) groups is 1. The molecule has 2 aromatic carbocycles. The van der Waals surface area contributed by atoms with Crippen molar-refractivity contribution in [2.75, 3.05) is 31.1 Å². The summed E-state index contributed by atoms with van der Waals surface area (Å²) in [5, 5.41) is 8.90. The van der Waals surface area contributed by atoms with E-state index < -0.39 is 0 Å². The molecule has 4 nitrogen and oxygen atoms in total. The monoisotopic (exact) mass is 346 g/mol. The van der Waals surface area contributed by atoms with Gasteiger partial charge in [0.15, 0.2) is 6.54 Å². The average molecular weight is 346 g/mol. The van der Waals surface area contributed by atoms with Crippen molar-refractivity contribution in [1.29, 1.82) is 5.26 Å². The molecule has 3 rings (SSSR count). The van der Waals surface area contributed by atoms with Gasteiger partial charge in [-0.2, -0.15) is 5.26 Å². The van der Waals surface area contributed by atoms with Gasteiger partial charge >= 0.3 is 0 Å². The lowest BCUT2D eigenvalue weighted by atomic mass is 9.99. The molecule has 4 heteroatoms. The number of anilines is 1. The first-order valence-electron chi connectivity index (χ1n) is 9.08. The maximum absolute atomic E-state index is 12.8. The third-order valence-corrected chi connectivity index (χ3v) is 4.75. The number of nitrogens with one attached hydrogen (secondary N) is 1. The van der Waals surface area contributed by atoms with Gasteiger partial charge in [0.05, 0.1) is 25.6 Å². The number of nitriles is 1. The third-order valence-electron chi connectivity index (χ3n) is 4.75. The van der Waals surface area contributed by atoms with Gasteiger partial charge in [-0.15, -0.1) is 0 Å². The van der Waals surface area contributed by atoms with Crippen LogP contribution in [0.3, 0.4) is 0 Å². The summed E-state index contributed by atoms with van der Waals surface area (Å²) in [6.45, 7) is 2.71. The highest BCUT2D eigenvalue weighted by atomic mass is 16.2. The van der Waals surface area contributed by atoms with E-state index in [4.69, 9.17) is 5.26 Å². The zero-order chi connectivity index (χ0) is 18.2. The lowest BCUT2D eigenvalue weighted by Gasteiger charge is -2.27. The molecule has 0 bridgehead atoms. The minimum atomic E-state index is 0.0815. The van der Waals surface area contributed by atoms with E-state index in [1.54, 1.807) is 4.90 Å². The number of quaternary nitrogens is 1. The molecule has 1 aliphatic heterocycles. The smallest absolute Gasteiger partial charge is 0.282 e. The molecule has 26 heavy (non-hydrogen) atoms. The van der Waals surface area contributed by atoms with Crippen molar-refractivity contribution in [3.8, 4) is 6.07 Å². The van der Waals surface area contributed by atoms with Gasteiger partial charge in [-0.1, -0.05) is 48.5 Å². The zero-order valence-corrected chi connectivity index (χ0v) is 14.9. The Morgan fingerprint density at radius 2 is 1.77 bits per heavy atom. The molecule has 1 heterocycles. The summed E-state index contributed by atoms with van der Waals surface area (Å²) in [4.78, 5) is 15.9. The summed E-state index contributed by atoms with van der Waals surface area (Å²) in [5.41, 5.74) is 3.51. The number of hydrogen-bond acceptors (Lipinski definition) is 2. The molecule has 1 atom stereocenters. The van der Waals surface area contributed by atoms with E-state index in [1.807, 2.05) is 36.4 Å². The molecule has 0 radical (unpaired) electrons. The van der Waals surface area contributed by atoms with Crippen molar-refractivity contribution in [1.82, 2.24) is 0 Å². The van der Waals surface area contributed by atoms with E-state index in [1.165, 1.54) is 16.0 Å². The van der Waals surface area contributed by atoms with E-state index >= 15 is 0 Å². The zero-order valence-electron chi connectivity index (χ0n) is 14.9. The standard InChI is InChI=1S/C22H23N3O/c23-14-7-15-25(21-10-5-2-6-11-21)22(26)18-24-16-12-20(13-17-24)19-8-3-1-4-9-19/h1-6,8-12H,7,13,15-18H2/p+1. The van der Waals surface area contributed by atoms with Crippen LogP contribution < -0.4 is 9.80 Å². The maximum atomic E-state index is 12.8. The van der Waals surface area contributed by atoms with Crippen molar-refractivity contribution in [3.05, 3.63) is 72.3 Å². The van der Waals surface area contributed by atoms with Crippen LogP contribution in [0, 0.1) is 11.3 Å². The summed E-state index contributed by atoms with van der Waals surface area (Å²) < 4.78 is 0. The minimum Gasteiger partial charge on any atom is -0.324 e. The van der Waals surface area contributed by atoms with Crippen LogP contribution in [0.1, 0.15) is 18.4 Å². The lowest BCUT2D eigenvalue weighted by molar-refractivity contribution is -0.886. The van der Waals surface area contributed by atoms with Gasteiger partial charge in [0.25, 0.3) is 5.91 Å². The van der Waals surface area contributed by atoms with Gasteiger partial charge in [0.1, 0.15) is 0 Å². The van der Waals surface area contributed by atoms with Gasteiger partial charge < -0.3 is 9.80 Å². The topological polar surface area (TPSA) is 48.5 Å². The van der Waals surface area contributed by atoms with Crippen molar-refractivity contribution in [2.45, 2.75) is 12.8 Å². The second-order valence-electron chi connectivity index (χ2n) is 6.52. The molecule has 1 aliphatic rings. The number of carbonyl (C=O) groups excluding carboxylic acids is 1. The Morgan fingerprint density at radius 3 is 2.38 bits per heavy atom. The summed E-state index contributed by atoms with van der Waals surface area (Å²) >= 11 is 0. The first-order chi connectivity index (χ1) is 12.8. The van der Waals surface area contributed by atoms with Crippen molar-refractivity contribution < 1.29 is 9.69 Å². The third kappa shape index (κ3) is 4.59. The van der Waals surface area contributed by atoms with Gasteiger partial charge in [0.2, 0.25) is 0 Å². The largest absolute Gasteiger partial charge is 0.324 e. The number of amides is 1. The van der Waals surface area contributed by atoms with Crippen LogP contribution in [-0.2, 0) is 4.79 Å². The SMILES string of the molecule is N#CCCN(C(=O)C[NH+]1CC=C(c2ccccc2)CC1)c1ccccc1. The Morgan fingerprint density at radius 1 is 1.08 bits per heavy atom. The second-order valence-corrected chi connectivity index (χ2v) is 6.52. The molecule has 2 aromatic rings. The van der Waals surface area contributed by atoms with Gasteiger partial charge in [-0.25, -0.2) is 0 Å². The maximum Gasteiger partial charge on any atom is 0.282 e. The highest BCUT2D eigenvalue weighted by Gasteiger charge is 2.23. The molecule has 1 N–H and O–H groups in total. The molecule has 0 fully saturated rings. The Kier molecular flexibility index (Phi) is 6.19. The predicted molar refractivity (Wildman–Crippen MR) is 104 cm³/mol. The minimum absolute atomic E-state index is 0.0815. The van der Waals surface area contributed by atoms with Crippen LogP contribution in [-0.4, -0.2) is 32.1 Å². The van der Waals surface area contributed by atoms with E-state index in [9.17, 15) is 4.79 Å². The molecular formula is C22H24N3O+. The quantitative estimate of drug-likeness (QED) is 0.873. The van der Waals surface area contributed by atoms with E-state index in [0.717, 1.165) is 25.2 Å². The van der Waals surface area contributed by atoms with Gasteiger partial charge in [0, 0.05) is 18.7 Å². The molecular weight excluding hydrogens is 322 g/mol. The Balaban J connectivity index is 1.63. The van der Waals surface area contributed by atoms with Crippen molar-refractivity contribution in [3.63, 3.8) is 0 Å². The van der Waals surface area contributed by atoms with Crippen LogP contribution in [0.2, 0.25) is 0 Å². The summed E-state index contributed by atoms with van der Waals surface area (Å²) in [5.74, 6) is 0.0815. The van der Waals surface area contributed by atoms with Crippen LogP contribution in [0.25, 0.3) is 5.57 Å². The van der Waals surface area contributed by atoms with Gasteiger partial charge in [-0.3, -0.25) is 4.79 Å². The molecule has 132 valence electrons. The highest BCUT2D eigenvalue weighted by molar-refractivity contribution is 5.94. The van der Waals surface area contributed by atoms with E-state index in [2.05, 4.69) is 36.4 Å². The fourth-order valence-corrected chi connectivity index (χ4v) is 3.33. The van der Waals surface area contributed by atoms with Crippen molar-refractivity contribution in [2.24, 2.45) is 0 Å². The summed E-state index contributed by atoms with van der Waals surface area (Å²) in [6.07, 6.45) is 3.58. The van der Waals surface area contributed by atoms with Crippen LogP contribution in [0.5, 0.6) is 0 Å². The number of hydrogen-bond donors (Lipinski definition) is 1. The second kappa shape index (κ2) is 8.98. The Labute approximate surface area is 155 Å². The lowest BCUT2D eigenvalue weighted by Crippen LogP contribution is -3.13. The molecule has 1 unspecified atom stereocenters. The van der Waals surface area contributed by atoms with Gasteiger partial charge in [-0.05, 0) is 29.3 Å². The molecule has 0 saturated carbocycles. The number of para-hydroxylation sites is 1. The molecule has 0 spiro atoms. The van der Waals surface area contributed by atoms with Crippen LogP contribution in [0.15, 0.2) is 66.7 Å².